The number of fused-ring (bicyclic) bond motifs is 1. The van der Waals surface area contributed by atoms with Crippen molar-refractivity contribution >= 4 is 28.7 Å². The average Bonchev–Trinajstić information content (AvgIpc) is 2.73. The lowest BCUT2D eigenvalue weighted by molar-refractivity contribution is 0.313. The van der Waals surface area contributed by atoms with Crippen LogP contribution in [-0.4, -0.2) is 35.0 Å². The number of nitrogens with one attached hydrogen (secondary N) is 1. The molecule has 1 saturated heterocycles. The molecular weight excluding hydrogens is 246 g/mol. The van der Waals surface area contributed by atoms with Crippen molar-refractivity contribution in [3.63, 3.8) is 0 Å². The molecule has 1 fully saturated rings. The number of hydrogen-bond acceptors (Lipinski definition) is 2. The Bertz CT molecular complexity index is 590. The molecule has 0 spiro atoms. The van der Waals surface area contributed by atoms with E-state index in [-0.39, 0.29) is 0 Å². The first-order valence-corrected chi connectivity index (χ1v) is 6.62. The molecule has 0 aliphatic carbocycles. The van der Waals surface area contributed by atoms with Gasteiger partial charge in [-0.2, -0.15) is 0 Å². The molecule has 1 aliphatic heterocycles. The maximum absolute atomic E-state index is 5.97. The zero-order chi connectivity index (χ0) is 12.5. The highest BCUT2D eigenvalue weighted by atomic mass is 35.5. The van der Waals surface area contributed by atoms with E-state index in [4.69, 9.17) is 11.6 Å². The third-order valence-corrected chi connectivity index (χ3v) is 3.67. The molecule has 1 aromatic carbocycles. The molecular formula is C14H16ClN3. The van der Waals surface area contributed by atoms with Gasteiger partial charge in [-0.05, 0) is 44.2 Å². The zero-order valence-corrected chi connectivity index (χ0v) is 11.2. The minimum Gasteiger partial charge on any atom is -0.338 e. The molecule has 2 aromatic rings. The van der Waals surface area contributed by atoms with E-state index in [1.165, 1.54) is 5.57 Å². The van der Waals surface area contributed by atoms with Gasteiger partial charge in [-0.25, -0.2) is 4.98 Å². The summed E-state index contributed by atoms with van der Waals surface area (Å²) in [5.41, 5.74) is 3.44. The predicted octanol–water partition coefficient (Wildman–Crippen LogP) is 3.33. The fourth-order valence-corrected chi connectivity index (χ4v) is 2.49. The first kappa shape index (κ1) is 11.8. The largest absolute Gasteiger partial charge is 0.338 e. The number of rotatable bonds is 1. The molecule has 3 nitrogen and oxygen atoms in total. The predicted molar refractivity (Wildman–Crippen MR) is 75.8 cm³/mol. The SMILES string of the molecule is CN1CCC(=Cc2nc3ccc(Cl)cc3[nH]2)CC1. The first-order chi connectivity index (χ1) is 8.70. The summed E-state index contributed by atoms with van der Waals surface area (Å²) < 4.78 is 0. The number of hydrogen-bond donors (Lipinski definition) is 1. The minimum atomic E-state index is 0.740. The van der Waals surface area contributed by atoms with Crippen LogP contribution in [0.4, 0.5) is 0 Å². The van der Waals surface area contributed by atoms with Crippen molar-refractivity contribution in [1.82, 2.24) is 14.9 Å². The van der Waals surface area contributed by atoms with Crippen molar-refractivity contribution in [3.8, 4) is 0 Å². The zero-order valence-electron chi connectivity index (χ0n) is 10.4. The van der Waals surface area contributed by atoms with Gasteiger partial charge in [0, 0.05) is 18.1 Å². The van der Waals surface area contributed by atoms with E-state index in [0.717, 1.165) is 47.8 Å². The van der Waals surface area contributed by atoms with Gasteiger partial charge in [-0.1, -0.05) is 17.2 Å². The van der Waals surface area contributed by atoms with Crippen molar-refractivity contribution in [2.24, 2.45) is 0 Å². The van der Waals surface area contributed by atoms with Crippen LogP contribution >= 0.6 is 11.6 Å². The molecule has 3 rings (SSSR count). The first-order valence-electron chi connectivity index (χ1n) is 6.24. The van der Waals surface area contributed by atoms with Crippen molar-refractivity contribution in [3.05, 3.63) is 34.6 Å². The highest BCUT2D eigenvalue weighted by molar-refractivity contribution is 6.31. The lowest BCUT2D eigenvalue weighted by Gasteiger charge is -2.23. The van der Waals surface area contributed by atoms with Crippen LogP contribution in [0.5, 0.6) is 0 Å². The summed E-state index contributed by atoms with van der Waals surface area (Å²) in [4.78, 5) is 10.2. The van der Waals surface area contributed by atoms with Gasteiger partial charge in [-0.15, -0.1) is 0 Å². The Labute approximate surface area is 111 Å². The van der Waals surface area contributed by atoms with Crippen LogP contribution in [0, 0.1) is 0 Å². The van der Waals surface area contributed by atoms with Crippen molar-refractivity contribution in [1.29, 1.82) is 0 Å². The topological polar surface area (TPSA) is 31.9 Å². The van der Waals surface area contributed by atoms with E-state index in [2.05, 4.69) is 28.0 Å². The maximum Gasteiger partial charge on any atom is 0.131 e. The number of piperidine rings is 1. The highest BCUT2D eigenvalue weighted by Crippen LogP contribution is 2.21. The van der Waals surface area contributed by atoms with E-state index in [0.29, 0.717) is 0 Å². The number of aromatic nitrogens is 2. The minimum absolute atomic E-state index is 0.740. The molecule has 2 heterocycles. The summed E-state index contributed by atoms with van der Waals surface area (Å²) in [6.45, 7) is 2.27. The quantitative estimate of drug-likeness (QED) is 0.854. The fraction of sp³-hybridized carbons (Fsp3) is 0.357. The molecule has 0 atom stereocenters. The molecule has 0 amide bonds. The smallest absolute Gasteiger partial charge is 0.131 e. The van der Waals surface area contributed by atoms with Gasteiger partial charge in [0.2, 0.25) is 0 Å². The summed E-state index contributed by atoms with van der Waals surface area (Å²) in [5.74, 6) is 0.937. The van der Waals surface area contributed by atoms with Crippen molar-refractivity contribution < 1.29 is 0 Å². The third kappa shape index (κ3) is 2.42. The molecule has 0 bridgehead atoms. The molecule has 1 N–H and O–H groups in total. The summed E-state index contributed by atoms with van der Waals surface area (Å²) in [6, 6.07) is 5.74. The Morgan fingerprint density at radius 1 is 1.33 bits per heavy atom. The molecule has 0 radical (unpaired) electrons. The number of H-pyrrole nitrogens is 1. The van der Waals surface area contributed by atoms with Gasteiger partial charge < -0.3 is 9.88 Å². The molecule has 94 valence electrons. The van der Waals surface area contributed by atoms with Gasteiger partial charge in [0.25, 0.3) is 0 Å². The average molecular weight is 262 g/mol. The highest BCUT2D eigenvalue weighted by Gasteiger charge is 2.10. The number of aromatic amines is 1. The second-order valence-electron chi connectivity index (χ2n) is 4.89. The Morgan fingerprint density at radius 3 is 2.89 bits per heavy atom. The van der Waals surface area contributed by atoms with Crippen LogP contribution in [-0.2, 0) is 0 Å². The Morgan fingerprint density at radius 2 is 2.11 bits per heavy atom. The van der Waals surface area contributed by atoms with Crippen LogP contribution in [0.25, 0.3) is 17.1 Å². The molecule has 1 aliphatic rings. The molecule has 4 heteroatoms. The number of nitrogens with zero attached hydrogens (tertiary/aromatic N) is 2. The van der Waals surface area contributed by atoms with E-state index < -0.39 is 0 Å². The third-order valence-electron chi connectivity index (χ3n) is 3.43. The summed E-state index contributed by atoms with van der Waals surface area (Å²) in [5, 5.41) is 0.740. The van der Waals surface area contributed by atoms with Crippen LogP contribution in [0.2, 0.25) is 5.02 Å². The summed E-state index contributed by atoms with van der Waals surface area (Å²) in [7, 11) is 2.17. The van der Waals surface area contributed by atoms with E-state index in [9.17, 15) is 0 Å². The lowest BCUT2D eigenvalue weighted by Crippen LogP contribution is -2.26. The number of likely N-dealkylation sites (tertiary alicyclic amines) is 1. The van der Waals surface area contributed by atoms with Crippen LogP contribution < -0.4 is 0 Å². The Hall–Kier alpha value is -1.32. The second kappa shape index (κ2) is 4.75. The number of halogens is 1. The maximum atomic E-state index is 5.97. The summed E-state index contributed by atoms with van der Waals surface area (Å²) >= 11 is 5.97. The van der Waals surface area contributed by atoms with Gasteiger partial charge in [0.05, 0.1) is 11.0 Å². The van der Waals surface area contributed by atoms with Crippen LogP contribution in [0.1, 0.15) is 18.7 Å². The Kier molecular flexibility index (Phi) is 3.10. The van der Waals surface area contributed by atoms with Gasteiger partial charge in [0.1, 0.15) is 5.82 Å². The summed E-state index contributed by atoms with van der Waals surface area (Å²) in [6.07, 6.45) is 4.45. The van der Waals surface area contributed by atoms with Crippen LogP contribution in [0.3, 0.4) is 0 Å². The van der Waals surface area contributed by atoms with Gasteiger partial charge in [-0.3, -0.25) is 0 Å². The standard InChI is InChI=1S/C14H16ClN3/c1-18-6-4-10(5-7-18)8-14-16-12-3-2-11(15)9-13(12)17-14/h2-3,8-9H,4-7H2,1H3,(H,16,17). The molecule has 0 unspecified atom stereocenters. The van der Waals surface area contributed by atoms with Crippen molar-refractivity contribution in [2.45, 2.75) is 12.8 Å². The van der Waals surface area contributed by atoms with E-state index >= 15 is 0 Å². The molecule has 0 saturated carbocycles. The van der Waals surface area contributed by atoms with Gasteiger partial charge in [0.15, 0.2) is 0 Å². The number of imidazole rings is 1. The van der Waals surface area contributed by atoms with E-state index in [1.54, 1.807) is 0 Å². The number of benzene rings is 1. The van der Waals surface area contributed by atoms with Crippen LogP contribution in [0.15, 0.2) is 23.8 Å². The lowest BCUT2D eigenvalue weighted by atomic mass is 10.0. The monoisotopic (exact) mass is 261 g/mol. The fourth-order valence-electron chi connectivity index (χ4n) is 2.31. The Balaban J connectivity index is 1.88. The second-order valence-corrected chi connectivity index (χ2v) is 5.33. The van der Waals surface area contributed by atoms with Gasteiger partial charge >= 0.3 is 0 Å². The molecule has 1 aromatic heterocycles. The van der Waals surface area contributed by atoms with E-state index in [1.807, 2.05) is 18.2 Å². The normalized spacial score (nSPS) is 17.3. The molecule has 18 heavy (non-hydrogen) atoms. The van der Waals surface area contributed by atoms with Crippen molar-refractivity contribution in [2.75, 3.05) is 20.1 Å².